The Balaban J connectivity index is 5.24. The van der Waals surface area contributed by atoms with Gasteiger partial charge in [0.05, 0.1) is 26.4 Å². The Hall–Kier alpha value is -1.94. The van der Waals surface area contributed by atoms with Gasteiger partial charge in [0.25, 0.3) is 0 Å². The van der Waals surface area contributed by atoms with Crippen molar-refractivity contribution in [2.24, 2.45) is 17.8 Å². The summed E-state index contributed by atoms with van der Waals surface area (Å²) >= 11 is 0. The zero-order chi connectivity index (χ0) is 58.1. The van der Waals surface area contributed by atoms with Crippen LogP contribution in [0, 0.1) is 17.8 Å². The van der Waals surface area contributed by atoms with Gasteiger partial charge in [0, 0.05) is 25.7 Å². The molecule has 2 unspecified atom stereocenters. The van der Waals surface area contributed by atoms with Gasteiger partial charge in [-0.05, 0) is 43.4 Å². The van der Waals surface area contributed by atoms with Crippen LogP contribution in [0.25, 0.3) is 0 Å². The smallest absolute Gasteiger partial charge is 0.462 e. The Morgan fingerprint density at radius 1 is 0.346 bits per heavy atom. The number of hydrogen-bond donors (Lipinski definition) is 3. The lowest BCUT2D eigenvalue weighted by molar-refractivity contribution is -0.161. The first-order chi connectivity index (χ1) is 37.2. The van der Waals surface area contributed by atoms with Crippen molar-refractivity contribution in [1.29, 1.82) is 0 Å². The average molecular weight is 1160 g/mol. The number of esters is 4. The molecular formula is C59H114O17P2. The molecule has 0 heterocycles. The number of unbranched alkanes of at least 4 members (excludes halogenated alkanes) is 25. The Morgan fingerprint density at radius 3 is 0.872 bits per heavy atom. The van der Waals surface area contributed by atoms with E-state index in [4.69, 9.17) is 37.0 Å². The minimum atomic E-state index is -4.94. The standard InChI is InChI=1S/C59H114O17P2/c1-8-9-10-11-12-13-14-15-16-28-35-42-58(63)75-54(46-69-56(61)40-33-26-20-17-23-30-37-50(2)3)48-73-77(65,66)71-44-53(60)45-72-78(67,68)74-49-55(76-59(64)43-36-29-22-19-25-32-39-52(6)7)47-70-57(62)41-34-27-21-18-24-31-38-51(4)5/h50-55,60H,8-49H2,1-7H3,(H,65,66)(H,67,68)/t53-,54-,55-/m1/s1. The molecule has 17 nitrogen and oxygen atoms in total. The minimum absolute atomic E-state index is 0.100. The number of aliphatic hydroxyl groups excluding tert-OH is 1. The van der Waals surface area contributed by atoms with E-state index in [0.29, 0.717) is 43.4 Å². The molecule has 0 bridgehead atoms. The van der Waals surface area contributed by atoms with Gasteiger partial charge in [0.2, 0.25) is 0 Å². The van der Waals surface area contributed by atoms with Crippen molar-refractivity contribution >= 4 is 39.5 Å². The molecule has 0 aliphatic rings. The second-order valence-corrected chi connectivity index (χ2v) is 25.7. The van der Waals surface area contributed by atoms with Gasteiger partial charge in [-0.3, -0.25) is 37.3 Å². The van der Waals surface area contributed by atoms with Crippen molar-refractivity contribution in [3.63, 3.8) is 0 Å². The Morgan fingerprint density at radius 2 is 0.590 bits per heavy atom. The largest absolute Gasteiger partial charge is 0.472 e. The molecule has 78 heavy (non-hydrogen) atoms. The van der Waals surface area contributed by atoms with Crippen LogP contribution in [0.4, 0.5) is 0 Å². The van der Waals surface area contributed by atoms with Gasteiger partial charge in [-0.1, -0.05) is 228 Å². The van der Waals surface area contributed by atoms with Crippen LogP contribution < -0.4 is 0 Å². The summed E-state index contributed by atoms with van der Waals surface area (Å²) in [5.41, 5.74) is 0. The highest BCUT2D eigenvalue weighted by molar-refractivity contribution is 7.47. The third-order valence-electron chi connectivity index (χ3n) is 13.4. The minimum Gasteiger partial charge on any atom is -0.462 e. The number of aliphatic hydroxyl groups is 1. The molecule has 0 aliphatic heterocycles. The first-order valence-corrected chi connectivity index (χ1v) is 33.8. The van der Waals surface area contributed by atoms with Crippen molar-refractivity contribution in [2.45, 2.75) is 298 Å². The van der Waals surface area contributed by atoms with E-state index >= 15 is 0 Å². The highest BCUT2D eigenvalue weighted by Gasteiger charge is 2.30. The van der Waals surface area contributed by atoms with Crippen LogP contribution in [0.3, 0.4) is 0 Å². The van der Waals surface area contributed by atoms with Crippen LogP contribution in [0.2, 0.25) is 0 Å². The molecule has 0 rings (SSSR count). The summed E-state index contributed by atoms with van der Waals surface area (Å²) < 4.78 is 67.7. The maximum Gasteiger partial charge on any atom is 0.472 e. The lowest BCUT2D eigenvalue weighted by Crippen LogP contribution is -2.30. The molecule has 0 aromatic rings. The predicted octanol–water partition coefficient (Wildman–Crippen LogP) is 15.6. The van der Waals surface area contributed by atoms with Gasteiger partial charge in [-0.2, -0.15) is 0 Å². The fourth-order valence-corrected chi connectivity index (χ4v) is 10.2. The van der Waals surface area contributed by atoms with E-state index in [9.17, 15) is 43.2 Å². The lowest BCUT2D eigenvalue weighted by atomic mass is 10.0. The molecule has 0 aromatic carbocycles. The normalized spacial score (nSPS) is 14.5. The van der Waals surface area contributed by atoms with Gasteiger partial charge < -0.3 is 33.8 Å². The Bertz CT molecular complexity index is 1560. The Labute approximate surface area is 473 Å². The quantitative estimate of drug-likeness (QED) is 0.0222. The van der Waals surface area contributed by atoms with Crippen molar-refractivity contribution < 1.29 is 80.2 Å². The van der Waals surface area contributed by atoms with E-state index in [2.05, 4.69) is 48.5 Å². The number of phosphoric ester groups is 2. The zero-order valence-corrected chi connectivity index (χ0v) is 51.9. The van der Waals surface area contributed by atoms with E-state index < -0.39 is 97.5 Å². The summed E-state index contributed by atoms with van der Waals surface area (Å²) in [7, 11) is -9.87. The SMILES string of the molecule is CCCCCCCCCCCCCC(=O)O[C@H](COC(=O)CCCCCCCCC(C)C)COP(=O)(O)OC[C@@H](O)COP(=O)(O)OC[C@@H](COC(=O)CCCCCCCCC(C)C)OC(=O)CCCCCCCCC(C)C. The van der Waals surface area contributed by atoms with E-state index in [-0.39, 0.29) is 25.7 Å². The summed E-state index contributed by atoms with van der Waals surface area (Å²) in [4.78, 5) is 71.8. The van der Waals surface area contributed by atoms with Crippen molar-refractivity contribution in [3.05, 3.63) is 0 Å². The summed E-state index contributed by atoms with van der Waals surface area (Å²) in [5, 5.41) is 10.5. The number of ether oxygens (including phenoxy) is 4. The fraction of sp³-hybridized carbons (Fsp3) is 0.932. The molecule has 0 spiro atoms. The van der Waals surface area contributed by atoms with Crippen molar-refractivity contribution in [2.75, 3.05) is 39.6 Å². The molecule has 0 saturated carbocycles. The van der Waals surface area contributed by atoms with Gasteiger partial charge >= 0.3 is 39.5 Å². The molecule has 0 aromatic heterocycles. The molecule has 0 aliphatic carbocycles. The molecule has 0 saturated heterocycles. The number of carbonyl (C=O) groups is 4. The van der Waals surface area contributed by atoms with E-state index in [1.54, 1.807) is 0 Å². The van der Waals surface area contributed by atoms with E-state index in [1.807, 2.05) is 0 Å². The summed E-state index contributed by atoms with van der Waals surface area (Å²) in [6.45, 7) is 11.5. The van der Waals surface area contributed by atoms with Crippen LogP contribution in [0.15, 0.2) is 0 Å². The summed E-state index contributed by atoms with van der Waals surface area (Å²) in [6.07, 6.45) is 29.8. The molecule has 5 atom stereocenters. The van der Waals surface area contributed by atoms with E-state index in [1.165, 1.54) is 77.0 Å². The number of hydrogen-bond acceptors (Lipinski definition) is 15. The van der Waals surface area contributed by atoms with E-state index in [0.717, 1.165) is 103 Å². The summed E-state index contributed by atoms with van der Waals surface area (Å²) in [6, 6.07) is 0. The average Bonchev–Trinajstić information content (AvgIpc) is 3.38. The topological polar surface area (TPSA) is 237 Å². The second kappa shape index (κ2) is 50.8. The Kier molecular flexibility index (Phi) is 49.5. The predicted molar refractivity (Wildman–Crippen MR) is 308 cm³/mol. The van der Waals surface area contributed by atoms with Gasteiger partial charge in [-0.15, -0.1) is 0 Å². The first kappa shape index (κ1) is 76.1. The molecular weight excluding hydrogens is 1040 g/mol. The third kappa shape index (κ3) is 53.4. The molecule has 0 radical (unpaired) electrons. The van der Waals surface area contributed by atoms with Crippen LogP contribution in [-0.2, 0) is 65.4 Å². The molecule has 0 fully saturated rings. The molecule has 3 N–H and O–H groups in total. The third-order valence-corrected chi connectivity index (χ3v) is 15.3. The fourth-order valence-electron chi connectivity index (χ4n) is 8.60. The van der Waals surface area contributed by atoms with Gasteiger partial charge in [-0.25, -0.2) is 9.13 Å². The van der Waals surface area contributed by atoms with Crippen LogP contribution in [0.1, 0.15) is 280 Å². The molecule has 0 amide bonds. The lowest BCUT2D eigenvalue weighted by Gasteiger charge is -2.21. The molecule has 462 valence electrons. The number of phosphoric acid groups is 2. The highest BCUT2D eigenvalue weighted by atomic mass is 31.2. The maximum atomic E-state index is 12.9. The summed E-state index contributed by atoms with van der Waals surface area (Å²) in [5.74, 6) is -0.121. The number of rotatable bonds is 57. The first-order valence-electron chi connectivity index (χ1n) is 30.8. The van der Waals surface area contributed by atoms with Crippen LogP contribution in [0.5, 0.6) is 0 Å². The molecule has 19 heteroatoms. The zero-order valence-electron chi connectivity index (χ0n) is 50.1. The van der Waals surface area contributed by atoms with Crippen molar-refractivity contribution in [3.8, 4) is 0 Å². The van der Waals surface area contributed by atoms with Gasteiger partial charge in [0.15, 0.2) is 12.2 Å². The highest BCUT2D eigenvalue weighted by Crippen LogP contribution is 2.45. The van der Waals surface area contributed by atoms with Crippen LogP contribution >= 0.6 is 15.6 Å². The number of carbonyl (C=O) groups excluding carboxylic acids is 4. The van der Waals surface area contributed by atoms with Crippen molar-refractivity contribution in [1.82, 2.24) is 0 Å². The maximum absolute atomic E-state index is 12.9. The second-order valence-electron chi connectivity index (χ2n) is 22.8. The van der Waals surface area contributed by atoms with Gasteiger partial charge in [0.1, 0.15) is 19.3 Å². The van der Waals surface area contributed by atoms with Crippen LogP contribution in [-0.4, -0.2) is 96.7 Å². The monoisotopic (exact) mass is 1160 g/mol.